The Kier molecular flexibility index (Phi) is 6.42. The zero-order valence-electron chi connectivity index (χ0n) is 21.7. The van der Waals surface area contributed by atoms with E-state index in [2.05, 4.69) is 37.8 Å². The molecule has 196 valence electrons. The van der Waals surface area contributed by atoms with Gasteiger partial charge in [-0.05, 0) is 42.8 Å². The minimum Gasteiger partial charge on any atom is -0.488 e. The number of hydrogen-bond donors (Lipinski definition) is 2. The van der Waals surface area contributed by atoms with Gasteiger partial charge in [0.1, 0.15) is 17.7 Å². The molecule has 2 bridgehead atoms. The lowest BCUT2D eigenvalue weighted by Gasteiger charge is -2.40. The van der Waals surface area contributed by atoms with Crippen molar-refractivity contribution < 1.29 is 14.3 Å². The molecule has 0 unspecified atom stereocenters. The Labute approximate surface area is 221 Å². The highest BCUT2D eigenvalue weighted by molar-refractivity contribution is 5.93. The summed E-state index contributed by atoms with van der Waals surface area (Å²) in [5.74, 6) is 1.98. The summed E-state index contributed by atoms with van der Waals surface area (Å²) in [7, 11) is 3.44. The molecule has 10 heteroatoms. The fourth-order valence-electron chi connectivity index (χ4n) is 5.13. The van der Waals surface area contributed by atoms with Crippen LogP contribution in [-0.4, -0.2) is 75.9 Å². The summed E-state index contributed by atoms with van der Waals surface area (Å²) in [6.07, 6.45) is 7.29. The highest BCUT2D eigenvalue weighted by atomic mass is 16.5. The van der Waals surface area contributed by atoms with Crippen LogP contribution in [0.25, 0.3) is 16.6 Å². The molecular weight excluding hydrogens is 482 g/mol. The second-order valence-electron chi connectivity index (χ2n) is 10.2. The largest absolute Gasteiger partial charge is 0.488 e. The SMILES string of the molecule is Cc1cc(-c2ccn3nc(Nc4ccc(C(=O)N(C)C)cn4)cc3c2)c(O[C@H]2C[C@H]3COC[C@@H](C2)N3)cn1. The lowest BCUT2D eigenvalue weighted by molar-refractivity contribution is -0.0122. The van der Waals surface area contributed by atoms with E-state index in [1.165, 1.54) is 4.90 Å². The van der Waals surface area contributed by atoms with Crippen LogP contribution in [0.1, 0.15) is 28.9 Å². The average Bonchev–Trinajstić information content (AvgIpc) is 3.31. The monoisotopic (exact) mass is 513 g/mol. The molecular formula is C28H31N7O3. The van der Waals surface area contributed by atoms with Gasteiger partial charge < -0.3 is 25.0 Å². The van der Waals surface area contributed by atoms with Gasteiger partial charge in [0.15, 0.2) is 5.82 Å². The second kappa shape index (κ2) is 10.0. The molecule has 2 aliphatic rings. The van der Waals surface area contributed by atoms with Crippen molar-refractivity contribution in [2.45, 2.75) is 38.0 Å². The van der Waals surface area contributed by atoms with Gasteiger partial charge in [0.05, 0.1) is 30.5 Å². The Bertz CT molecular complexity index is 1460. The molecule has 38 heavy (non-hydrogen) atoms. The lowest BCUT2D eigenvalue weighted by Crippen LogP contribution is -2.56. The molecule has 0 spiro atoms. The van der Waals surface area contributed by atoms with Gasteiger partial charge in [0, 0.05) is 68.7 Å². The summed E-state index contributed by atoms with van der Waals surface area (Å²) in [5.41, 5.74) is 4.44. The molecule has 2 saturated heterocycles. The Hall–Kier alpha value is -4.02. The van der Waals surface area contributed by atoms with E-state index in [0.29, 0.717) is 29.3 Å². The van der Waals surface area contributed by atoms with Gasteiger partial charge in [-0.1, -0.05) is 0 Å². The van der Waals surface area contributed by atoms with Gasteiger partial charge in [-0.15, -0.1) is 0 Å². The van der Waals surface area contributed by atoms with E-state index >= 15 is 0 Å². The Morgan fingerprint density at radius 2 is 1.89 bits per heavy atom. The van der Waals surface area contributed by atoms with Gasteiger partial charge in [0.2, 0.25) is 0 Å². The van der Waals surface area contributed by atoms with Gasteiger partial charge in [-0.3, -0.25) is 9.78 Å². The van der Waals surface area contributed by atoms with Crippen molar-refractivity contribution in [3.05, 3.63) is 66.2 Å². The number of fused-ring (bicyclic) bond motifs is 3. The number of morpholine rings is 1. The van der Waals surface area contributed by atoms with E-state index in [9.17, 15) is 4.79 Å². The first kappa shape index (κ1) is 24.3. The van der Waals surface area contributed by atoms with Crippen molar-refractivity contribution in [3.8, 4) is 16.9 Å². The third-order valence-electron chi connectivity index (χ3n) is 6.95. The van der Waals surface area contributed by atoms with Crippen molar-refractivity contribution >= 4 is 23.1 Å². The van der Waals surface area contributed by atoms with Crippen LogP contribution in [0.3, 0.4) is 0 Å². The molecule has 2 aliphatic heterocycles. The minimum absolute atomic E-state index is 0.0870. The first-order valence-electron chi connectivity index (χ1n) is 12.8. The number of aromatic nitrogens is 4. The topological polar surface area (TPSA) is 106 Å². The Balaban J connectivity index is 1.23. The second-order valence-corrected chi connectivity index (χ2v) is 10.2. The van der Waals surface area contributed by atoms with Crippen molar-refractivity contribution in [2.24, 2.45) is 0 Å². The molecule has 4 aromatic heterocycles. The van der Waals surface area contributed by atoms with Gasteiger partial charge in [-0.2, -0.15) is 5.10 Å². The number of aryl methyl sites for hydroxylation is 1. The first-order chi connectivity index (χ1) is 18.4. The number of nitrogens with one attached hydrogen (secondary N) is 2. The Morgan fingerprint density at radius 1 is 1.08 bits per heavy atom. The van der Waals surface area contributed by atoms with E-state index in [1.54, 1.807) is 32.4 Å². The Morgan fingerprint density at radius 3 is 2.63 bits per heavy atom. The average molecular weight is 514 g/mol. The number of carbonyl (C=O) groups excluding carboxylic acids is 1. The molecule has 0 radical (unpaired) electrons. The fraction of sp³-hybridized carbons (Fsp3) is 0.357. The van der Waals surface area contributed by atoms with Crippen molar-refractivity contribution in [1.82, 2.24) is 29.8 Å². The molecule has 10 nitrogen and oxygen atoms in total. The molecule has 6 heterocycles. The molecule has 0 aromatic carbocycles. The van der Waals surface area contributed by atoms with Crippen LogP contribution in [0.5, 0.6) is 5.75 Å². The molecule has 6 rings (SSSR count). The van der Waals surface area contributed by atoms with Crippen LogP contribution in [0.2, 0.25) is 0 Å². The van der Waals surface area contributed by atoms with E-state index < -0.39 is 0 Å². The van der Waals surface area contributed by atoms with Crippen LogP contribution in [-0.2, 0) is 4.74 Å². The predicted octanol–water partition coefficient (Wildman–Crippen LogP) is 3.44. The maximum absolute atomic E-state index is 12.1. The molecule has 0 saturated carbocycles. The maximum atomic E-state index is 12.1. The van der Waals surface area contributed by atoms with Gasteiger partial charge >= 0.3 is 0 Å². The van der Waals surface area contributed by atoms with E-state index in [-0.39, 0.29) is 12.0 Å². The fourth-order valence-corrected chi connectivity index (χ4v) is 5.13. The zero-order valence-corrected chi connectivity index (χ0v) is 21.7. The number of nitrogens with zero attached hydrogens (tertiary/aromatic N) is 5. The summed E-state index contributed by atoms with van der Waals surface area (Å²) in [4.78, 5) is 22.5. The highest BCUT2D eigenvalue weighted by Gasteiger charge is 2.33. The van der Waals surface area contributed by atoms with Crippen LogP contribution in [0.4, 0.5) is 11.6 Å². The number of anilines is 2. The van der Waals surface area contributed by atoms with Crippen LogP contribution < -0.4 is 15.4 Å². The van der Waals surface area contributed by atoms with Crippen LogP contribution in [0.15, 0.2) is 55.0 Å². The third-order valence-corrected chi connectivity index (χ3v) is 6.95. The summed E-state index contributed by atoms with van der Waals surface area (Å²) in [5, 5.41) is 11.5. The number of pyridine rings is 3. The van der Waals surface area contributed by atoms with Crippen LogP contribution >= 0.6 is 0 Å². The van der Waals surface area contributed by atoms with E-state index in [4.69, 9.17) is 9.47 Å². The molecule has 0 aliphatic carbocycles. The van der Waals surface area contributed by atoms with Gasteiger partial charge in [-0.25, -0.2) is 9.50 Å². The summed E-state index contributed by atoms with van der Waals surface area (Å²) >= 11 is 0. The zero-order chi connectivity index (χ0) is 26.2. The summed E-state index contributed by atoms with van der Waals surface area (Å²) in [6, 6.07) is 12.4. The highest BCUT2D eigenvalue weighted by Crippen LogP contribution is 2.34. The summed E-state index contributed by atoms with van der Waals surface area (Å²) in [6.45, 7) is 3.46. The molecule has 4 aromatic rings. The number of piperidine rings is 1. The predicted molar refractivity (Wildman–Crippen MR) is 144 cm³/mol. The van der Waals surface area contributed by atoms with Gasteiger partial charge in [0.25, 0.3) is 5.91 Å². The van der Waals surface area contributed by atoms with E-state index in [1.807, 2.05) is 36.0 Å². The standard InChI is InChI=1S/C28H31N7O3/c1-17-8-24(25(14-29-17)38-23-10-20-15-37-16-21(11-23)31-20)18-6-7-35-22(9-18)12-27(33-35)32-26-5-4-19(13-30-26)28(36)34(2)3/h4-9,12-14,20-21,23,31H,10-11,15-16H2,1-3H3,(H,30,32,33)/t20-,21+,23-. The number of carbonyl (C=O) groups is 1. The number of ether oxygens (including phenoxy) is 2. The quantitative estimate of drug-likeness (QED) is 0.404. The van der Waals surface area contributed by atoms with Crippen molar-refractivity contribution in [1.29, 1.82) is 0 Å². The smallest absolute Gasteiger partial charge is 0.254 e. The normalized spacial score (nSPS) is 20.8. The van der Waals surface area contributed by atoms with Crippen molar-refractivity contribution in [3.63, 3.8) is 0 Å². The third kappa shape index (κ3) is 5.05. The van der Waals surface area contributed by atoms with E-state index in [0.717, 1.165) is 54.1 Å². The first-order valence-corrected chi connectivity index (χ1v) is 12.8. The number of hydrogen-bond acceptors (Lipinski definition) is 8. The molecule has 2 fully saturated rings. The van der Waals surface area contributed by atoms with Crippen LogP contribution in [0, 0.1) is 6.92 Å². The summed E-state index contributed by atoms with van der Waals surface area (Å²) < 4.78 is 14.0. The van der Waals surface area contributed by atoms with Crippen molar-refractivity contribution in [2.75, 3.05) is 32.6 Å². The minimum atomic E-state index is -0.0870. The molecule has 2 N–H and O–H groups in total. The number of amides is 1. The lowest BCUT2D eigenvalue weighted by atomic mass is 9.94. The molecule has 1 amide bonds. The number of rotatable bonds is 6. The maximum Gasteiger partial charge on any atom is 0.254 e. The molecule has 3 atom stereocenters.